The fourth-order valence-electron chi connectivity index (χ4n) is 2.36. The number of nitro groups is 1. The van der Waals surface area contributed by atoms with Crippen LogP contribution in [0, 0.1) is 10.1 Å². The Balaban J connectivity index is 2.18. The van der Waals surface area contributed by atoms with E-state index in [2.05, 4.69) is 4.98 Å². The second-order valence-corrected chi connectivity index (χ2v) is 5.71. The zero-order valence-electron chi connectivity index (χ0n) is 12.3. The molecule has 0 fully saturated rings. The molecule has 0 aliphatic carbocycles. The molecule has 3 aromatic rings. The Labute approximate surface area is 135 Å². The van der Waals surface area contributed by atoms with Gasteiger partial charge in [0.15, 0.2) is 5.16 Å². The minimum Gasteiger partial charge on any atom is -0.283 e. The number of nitro benzene ring substituents is 1. The maximum absolute atomic E-state index is 12.7. The summed E-state index contributed by atoms with van der Waals surface area (Å²) >= 11 is 1.34. The van der Waals surface area contributed by atoms with Crippen LogP contribution in [0.4, 0.5) is 5.69 Å². The molecule has 0 N–H and O–H groups in total. The highest BCUT2D eigenvalue weighted by molar-refractivity contribution is 7.98. The smallest absolute Gasteiger partial charge is 0.271 e. The van der Waals surface area contributed by atoms with Gasteiger partial charge in [-0.25, -0.2) is 4.98 Å². The average molecular weight is 327 g/mol. The topological polar surface area (TPSA) is 78.0 Å². The molecule has 116 valence electrons. The molecule has 3 rings (SSSR count). The standard InChI is InChI=1S/C16H13N3O3S/c1-23-16-17-14-9-12(19(21)22)7-8-13(14)15(20)18(16)10-11-5-3-2-4-6-11/h2-9H,10H2,1H3. The van der Waals surface area contributed by atoms with Gasteiger partial charge in [0.2, 0.25) is 0 Å². The van der Waals surface area contributed by atoms with Crippen molar-refractivity contribution in [3.63, 3.8) is 0 Å². The fraction of sp³-hybridized carbons (Fsp3) is 0.125. The molecule has 6 nitrogen and oxygen atoms in total. The Hall–Kier alpha value is -2.67. The number of thioether (sulfide) groups is 1. The Morgan fingerprint density at radius 2 is 1.96 bits per heavy atom. The van der Waals surface area contributed by atoms with Gasteiger partial charge in [-0.15, -0.1) is 0 Å². The number of hydrogen-bond acceptors (Lipinski definition) is 5. The molecule has 0 unspecified atom stereocenters. The SMILES string of the molecule is CSc1nc2cc([N+](=O)[O-])ccc2c(=O)n1Cc1ccccc1. The Kier molecular flexibility index (Phi) is 4.12. The van der Waals surface area contributed by atoms with Crippen molar-refractivity contribution >= 4 is 28.4 Å². The summed E-state index contributed by atoms with van der Waals surface area (Å²) in [6, 6.07) is 13.8. The lowest BCUT2D eigenvalue weighted by Crippen LogP contribution is -2.23. The number of hydrogen-bond donors (Lipinski definition) is 0. The number of aromatic nitrogens is 2. The first-order valence-corrected chi connectivity index (χ1v) is 8.09. The summed E-state index contributed by atoms with van der Waals surface area (Å²) in [7, 11) is 0. The molecule has 0 spiro atoms. The number of non-ortho nitro benzene ring substituents is 1. The van der Waals surface area contributed by atoms with Crippen molar-refractivity contribution in [2.24, 2.45) is 0 Å². The maximum Gasteiger partial charge on any atom is 0.271 e. The quantitative estimate of drug-likeness (QED) is 0.318. The van der Waals surface area contributed by atoms with E-state index in [1.54, 1.807) is 4.57 Å². The van der Waals surface area contributed by atoms with Crippen molar-refractivity contribution in [3.8, 4) is 0 Å². The van der Waals surface area contributed by atoms with Crippen LogP contribution in [0.15, 0.2) is 58.5 Å². The zero-order chi connectivity index (χ0) is 16.4. The molecule has 0 saturated carbocycles. The van der Waals surface area contributed by atoms with Crippen LogP contribution in [0.2, 0.25) is 0 Å². The van der Waals surface area contributed by atoms with E-state index < -0.39 is 4.92 Å². The predicted octanol–water partition coefficient (Wildman–Crippen LogP) is 3.07. The molecule has 0 saturated heterocycles. The van der Waals surface area contributed by atoms with Crippen molar-refractivity contribution in [1.82, 2.24) is 9.55 Å². The number of nitrogens with zero attached hydrogens (tertiary/aromatic N) is 3. The highest BCUT2D eigenvalue weighted by Gasteiger charge is 2.14. The van der Waals surface area contributed by atoms with E-state index in [0.717, 1.165) is 5.56 Å². The predicted molar refractivity (Wildman–Crippen MR) is 90.0 cm³/mol. The lowest BCUT2D eigenvalue weighted by Gasteiger charge is -2.11. The van der Waals surface area contributed by atoms with Crippen LogP contribution in [-0.4, -0.2) is 20.7 Å². The molecule has 1 aromatic heterocycles. The molecule has 0 bridgehead atoms. The molecule has 0 aliphatic heterocycles. The van der Waals surface area contributed by atoms with Crippen LogP contribution in [0.25, 0.3) is 10.9 Å². The molecule has 0 aliphatic rings. The summed E-state index contributed by atoms with van der Waals surface area (Å²) in [4.78, 5) is 27.5. The van der Waals surface area contributed by atoms with E-state index in [1.165, 1.54) is 30.0 Å². The van der Waals surface area contributed by atoms with Gasteiger partial charge in [-0.3, -0.25) is 19.5 Å². The number of rotatable bonds is 4. The third-order valence-corrected chi connectivity index (χ3v) is 4.16. The lowest BCUT2D eigenvalue weighted by atomic mass is 10.2. The first-order valence-electron chi connectivity index (χ1n) is 6.87. The minimum atomic E-state index is -0.491. The van der Waals surface area contributed by atoms with E-state index in [-0.39, 0.29) is 11.2 Å². The van der Waals surface area contributed by atoms with Crippen LogP contribution < -0.4 is 5.56 Å². The largest absolute Gasteiger partial charge is 0.283 e. The monoisotopic (exact) mass is 327 g/mol. The first kappa shape index (κ1) is 15.2. The van der Waals surface area contributed by atoms with E-state index in [9.17, 15) is 14.9 Å². The average Bonchev–Trinajstić information content (AvgIpc) is 2.57. The van der Waals surface area contributed by atoms with Crippen LogP contribution in [-0.2, 0) is 6.54 Å². The van der Waals surface area contributed by atoms with Crippen molar-refractivity contribution in [2.75, 3.05) is 6.26 Å². The van der Waals surface area contributed by atoms with Gasteiger partial charge in [0, 0.05) is 12.1 Å². The lowest BCUT2D eigenvalue weighted by molar-refractivity contribution is -0.384. The summed E-state index contributed by atoms with van der Waals surface area (Å²) in [6.07, 6.45) is 1.83. The van der Waals surface area contributed by atoms with Crippen molar-refractivity contribution in [3.05, 3.63) is 74.6 Å². The van der Waals surface area contributed by atoms with Gasteiger partial charge in [0.25, 0.3) is 11.2 Å². The highest BCUT2D eigenvalue weighted by Crippen LogP contribution is 2.20. The third kappa shape index (κ3) is 2.95. The third-order valence-electron chi connectivity index (χ3n) is 3.48. The second-order valence-electron chi connectivity index (χ2n) is 4.93. The van der Waals surface area contributed by atoms with Gasteiger partial charge < -0.3 is 0 Å². The molecular formula is C16H13N3O3S. The Bertz CT molecular complexity index is 938. The van der Waals surface area contributed by atoms with Gasteiger partial charge in [0.1, 0.15) is 0 Å². The molecule has 0 amide bonds. The number of fused-ring (bicyclic) bond motifs is 1. The molecular weight excluding hydrogens is 314 g/mol. The van der Waals surface area contributed by atoms with Gasteiger partial charge >= 0.3 is 0 Å². The normalized spacial score (nSPS) is 10.8. The first-order chi connectivity index (χ1) is 11.1. The van der Waals surface area contributed by atoms with Gasteiger partial charge in [0.05, 0.1) is 22.4 Å². The Morgan fingerprint density at radius 3 is 2.61 bits per heavy atom. The van der Waals surface area contributed by atoms with E-state index in [4.69, 9.17) is 0 Å². The van der Waals surface area contributed by atoms with Crippen molar-refractivity contribution < 1.29 is 4.92 Å². The van der Waals surface area contributed by atoms with Crippen LogP contribution in [0.1, 0.15) is 5.56 Å². The molecule has 2 aromatic carbocycles. The highest BCUT2D eigenvalue weighted by atomic mass is 32.2. The second kappa shape index (κ2) is 6.21. The van der Waals surface area contributed by atoms with E-state index >= 15 is 0 Å². The summed E-state index contributed by atoms with van der Waals surface area (Å²) in [5.74, 6) is 0. The van der Waals surface area contributed by atoms with E-state index in [0.29, 0.717) is 22.6 Å². The number of benzene rings is 2. The molecule has 0 radical (unpaired) electrons. The van der Waals surface area contributed by atoms with Gasteiger partial charge in [-0.1, -0.05) is 42.1 Å². The van der Waals surface area contributed by atoms with Crippen molar-refractivity contribution in [1.29, 1.82) is 0 Å². The zero-order valence-corrected chi connectivity index (χ0v) is 13.1. The summed E-state index contributed by atoms with van der Waals surface area (Å²) in [6.45, 7) is 0.412. The molecule has 7 heteroatoms. The van der Waals surface area contributed by atoms with Crippen LogP contribution in [0.3, 0.4) is 0 Å². The summed E-state index contributed by atoms with van der Waals surface area (Å²) in [5.41, 5.74) is 1.07. The Morgan fingerprint density at radius 1 is 1.22 bits per heavy atom. The fourth-order valence-corrected chi connectivity index (χ4v) is 2.92. The summed E-state index contributed by atoms with van der Waals surface area (Å²) in [5, 5.41) is 11.8. The van der Waals surface area contributed by atoms with Crippen molar-refractivity contribution in [2.45, 2.75) is 11.7 Å². The molecule has 1 heterocycles. The van der Waals surface area contributed by atoms with Crippen LogP contribution in [0.5, 0.6) is 0 Å². The maximum atomic E-state index is 12.7. The van der Waals surface area contributed by atoms with Gasteiger partial charge in [-0.2, -0.15) is 0 Å². The molecule has 0 atom stereocenters. The van der Waals surface area contributed by atoms with Crippen LogP contribution >= 0.6 is 11.8 Å². The minimum absolute atomic E-state index is 0.0720. The molecule has 23 heavy (non-hydrogen) atoms. The van der Waals surface area contributed by atoms with Gasteiger partial charge in [-0.05, 0) is 17.9 Å². The van der Waals surface area contributed by atoms with E-state index in [1.807, 2.05) is 36.6 Å². The summed E-state index contributed by atoms with van der Waals surface area (Å²) < 4.78 is 1.59.